The minimum Gasteiger partial charge on any atom is -0.508 e. The lowest BCUT2D eigenvalue weighted by Gasteiger charge is -2.10. The Morgan fingerprint density at radius 3 is 2.76 bits per heavy atom. The molecule has 17 heavy (non-hydrogen) atoms. The van der Waals surface area contributed by atoms with E-state index in [-0.39, 0.29) is 5.75 Å². The molecule has 2 rings (SSSR count). The fraction of sp³-hybridized carbons (Fsp3) is 0.214. The average molecular weight is 233 g/mol. The van der Waals surface area contributed by atoms with E-state index < -0.39 is 18.9 Å². The molecule has 0 amide bonds. The number of ether oxygens (including phenoxy) is 1. The lowest BCUT2D eigenvalue weighted by molar-refractivity contribution is -0.141. The summed E-state index contributed by atoms with van der Waals surface area (Å²) in [5, 5.41) is 11.1. The predicted octanol–water partition coefficient (Wildman–Crippen LogP) is 2.82. The molecular weight excluding hydrogens is 216 g/mol. The van der Waals surface area contributed by atoms with Gasteiger partial charge in [0.25, 0.3) is 0 Å². The van der Waals surface area contributed by atoms with Crippen molar-refractivity contribution in [1.82, 2.24) is 0 Å². The minimum atomic E-state index is -2.73. The summed E-state index contributed by atoms with van der Waals surface area (Å²) in [7, 11) is -2.73. The van der Waals surface area contributed by atoms with E-state index in [9.17, 15) is 9.90 Å². The third kappa shape index (κ3) is 2.23. The summed E-state index contributed by atoms with van der Waals surface area (Å²) in [6, 6.07) is 10.2. The van der Waals surface area contributed by atoms with Crippen LogP contribution in [-0.2, 0) is 9.53 Å². The summed E-state index contributed by atoms with van der Waals surface area (Å²) in [5.74, 6) is -1.29. The monoisotopic (exact) mass is 233 g/mol. The van der Waals surface area contributed by atoms with Crippen LogP contribution in [0.1, 0.15) is 22.5 Å². The maximum atomic E-state index is 11.7. The number of phenolic OH excluding ortho intramolecular Hbond substituents is 1. The van der Waals surface area contributed by atoms with Crippen LogP contribution in [0.25, 0.3) is 10.8 Å². The third-order valence-electron chi connectivity index (χ3n) is 2.80. The standard InChI is InChI=1S/C14H14O3/c1-9(14(16)17-2)10-3-4-12-8-13(15)6-5-11(12)7-10/h3-9,15H,1-2H3/t9-/m0/s1/i2D3. The van der Waals surface area contributed by atoms with Gasteiger partial charge in [-0.2, -0.15) is 0 Å². The normalized spacial score (nSPS) is 15.7. The number of phenols is 1. The fourth-order valence-corrected chi connectivity index (χ4v) is 1.75. The zero-order valence-electron chi connectivity index (χ0n) is 12.3. The Hall–Kier alpha value is -2.03. The van der Waals surface area contributed by atoms with Gasteiger partial charge in [0.1, 0.15) is 5.75 Å². The summed E-state index contributed by atoms with van der Waals surface area (Å²) < 4.78 is 25.2. The fourth-order valence-electron chi connectivity index (χ4n) is 1.75. The van der Waals surface area contributed by atoms with E-state index in [1.54, 1.807) is 43.3 Å². The van der Waals surface area contributed by atoms with E-state index in [1.807, 2.05) is 0 Å². The van der Waals surface area contributed by atoms with Gasteiger partial charge in [-0.05, 0) is 35.4 Å². The molecule has 2 aromatic rings. The van der Waals surface area contributed by atoms with Crippen LogP contribution >= 0.6 is 0 Å². The molecule has 3 nitrogen and oxygen atoms in total. The number of methoxy groups -OCH3 is 1. The Kier molecular flexibility index (Phi) is 2.13. The maximum absolute atomic E-state index is 11.7. The van der Waals surface area contributed by atoms with Crippen molar-refractivity contribution < 1.29 is 18.8 Å². The van der Waals surface area contributed by atoms with Crippen LogP contribution in [0.5, 0.6) is 5.75 Å². The molecule has 1 N–H and O–H groups in total. The SMILES string of the molecule is [2H]C([2H])([2H])OC(=O)[C@@H](C)c1ccc2cc(O)ccc2c1. The van der Waals surface area contributed by atoms with Gasteiger partial charge in [-0.25, -0.2) is 0 Å². The van der Waals surface area contributed by atoms with E-state index >= 15 is 0 Å². The van der Waals surface area contributed by atoms with Gasteiger partial charge in [-0.3, -0.25) is 4.79 Å². The van der Waals surface area contributed by atoms with Crippen molar-refractivity contribution in [1.29, 1.82) is 0 Å². The van der Waals surface area contributed by atoms with Gasteiger partial charge in [-0.1, -0.05) is 24.3 Å². The molecule has 0 aliphatic heterocycles. The number of carbonyl (C=O) groups is 1. The van der Waals surface area contributed by atoms with Crippen molar-refractivity contribution in [2.45, 2.75) is 12.8 Å². The summed E-state index contributed by atoms with van der Waals surface area (Å²) in [6.45, 7) is 1.59. The van der Waals surface area contributed by atoms with E-state index in [4.69, 9.17) is 4.11 Å². The molecule has 2 aromatic carbocycles. The number of hydrogen-bond acceptors (Lipinski definition) is 3. The van der Waals surface area contributed by atoms with Crippen molar-refractivity contribution in [3.63, 3.8) is 0 Å². The van der Waals surface area contributed by atoms with Crippen LogP contribution in [0.3, 0.4) is 0 Å². The molecule has 0 fully saturated rings. The van der Waals surface area contributed by atoms with E-state index in [0.717, 1.165) is 10.8 Å². The number of esters is 1. The van der Waals surface area contributed by atoms with E-state index in [0.29, 0.717) is 5.56 Å². The van der Waals surface area contributed by atoms with Crippen LogP contribution in [-0.4, -0.2) is 18.1 Å². The van der Waals surface area contributed by atoms with Crippen LogP contribution < -0.4 is 0 Å². The maximum Gasteiger partial charge on any atom is 0.312 e. The van der Waals surface area contributed by atoms with Crippen molar-refractivity contribution in [3.8, 4) is 5.75 Å². The van der Waals surface area contributed by atoms with Crippen LogP contribution in [0.15, 0.2) is 36.4 Å². The molecule has 3 heteroatoms. The molecular formula is C14H14O3. The van der Waals surface area contributed by atoms with Crippen molar-refractivity contribution >= 4 is 16.7 Å². The third-order valence-corrected chi connectivity index (χ3v) is 2.80. The van der Waals surface area contributed by atoms with E-state index in [1.165, 1.54) is 0 Å². The molecule has 88 valence electrons. The quantitative estimate of drug-likeness (QED) is 0.811. The second kappa shape index (κ2) is 4.45. The van der Waals surface area contributed by atoms with Crippen LogP contribution in [0.4, 0.5) is 0 Å². The lowest BCUT2D eigenvalue weighted by atomic mass is 9.98. The minimum absolute atomic E-state index is 0.167. The summed E-state index contributed by atoms with van der Waals surface area (Å²) in [4.78, 5) is 11.7. The highest BCUT2D eigenvalue weighted by Gasteiger charge is 2.15. The molecule has 0 radical (unpaired) electrons. The first-order chi connectivity index (χ1) is 9.26. The average Bonchev–Trinajstić information content (AvgIpc) is 2.35. The highest BCUT2D eigenvalue weighted by molar-refractivity contribution is 5.86. The summed E-state index contributed by atoms with van der Waals surface area (Å²) >= 11 is 0. The highest BCUT2D eigenvalue weighted by atomic mass is 16.5. The molecule has 0 spiro atoms. The Labute approximate surface area is 104 Å². The number of fused-ring (bicyclic) bond motifs is 1. The highest BCUT2D eigenvalue weighted by Crippen LogP contribution is 2.25. The molecule has 0 saturated heterocycles. The van der Waals surface area contributed by atoms with Gasteiger partial charge in [-0.15, -0.1) is 0 Å². The second-order valence-electron chi connectivity index (χ2n) is 3.93. The molecule has 0 heterocycles. The number of benzene rings is 2. The number of hydrogen-bond donors (Lipinski definition) is 1. The van der Waals surface area contributed by atoms with Gasteiger partial charge in [0.05, 0.1) is 17.1 Å². The van der Waals surface area contributed by atoms with Crippen LogP contribution in [0.2, 0.25) is 0 Å². The smallest absolute Gasteiger partial charge is 0.312 e. The lowest BCUT2D eigenvalue weighted by Crippen LogP contribution is -2.10. The Balaban J connectivity index is 2.28. The van der Waals surface area contributed by atoms with Crippen molar-refractivity contribution in [2.24, 2.45) is 0 Å². The molecule has 0 bridgehead atoms. The molecule has 0 unspecified atom stereocenters. The summed E-state index contributed by atoms with van der Waals surface area (Å²) in [5.41, 5.74) is 0.664. The van der Waals surface area contributed by atoms with Gasteiger partial charge < -0.3 is 9.84 Å². The zero-order valence-corrected chi connectivity index (χ0v) is 9.31. The largest absolute Gasteiger partial charge is 0.508 e. The number of rotatable bonds is 2. The van der Waals surface area contributed by atoms with Crippen molar-refractivity contribution in [2.75, 3.05) is 7.04 Å². The first kappa shape index (κ1) is 8.12. The van der Waals surface area contributed by atoms with Gasteiger partial charge >= 0.3 is 5.97 Å². The Morgan fingerprint density at radius 2 is 2.00 bits per heavy atom. The second-order valence-corrected chi connectivity index (χ2v) is 3.93. The van der Waals surface area contributed by atoms with Crippen LogP contribution in [0, 0.1) is 0 Å². The topological polar surface area (TPSA) is 46.5 Å². The molecule has 0 aliphatic rings. The summed E-state index contributed by atoms with van der Waals surface area (Å²) in [6.07, 6.45) is 0. The predicted molar refractivity (Wildman–Crippen MR) is 66.0 cm³/mol. The van der Waals surface area contributed by atoms with Crippen molar-refractivity contribution in [3.05, 3.63) is 42.0 Å². The number of carbonyl (C=O) groups excluding carboxylic acids is 1. The Morgan fingerprint density at radius 1 is 1.29 bits per heavy atom. The molecule has 1 atom stereocenters. The number of aromatic hydroxyl groups is 1. The van der Waals surface area contributed by atoms with Gasteiger partial charge in [0, 0.05) is 0 Å². The molecule has 0 saturated carbocycles. The first-order valence-corrected chi connectivity index (χ1v) is 5.22. The molecule has 0 aromatic heterocycles. The van der Waals surface area contributed by atoms with E-state index in [2.05, 4.69) is 4.74 Å². The van der Waals surface area contributed by atoms with Gasteiger partial charge in [0.15, 0.2) is 0 Å². The molecule has 0 aliphatic carbocycles. The first-order valence-electron chi connectivity index (χ1n) is 6.72. The van der Waals surface area contributed by atoms with Gasteiger partial charge in [0.2, 0.25) is 0 Å². The Bertz CT molecular complexity index is 650. The zero-order chi connectivity index (χ0) is 14.9.